The van der Waals surface area contributed by atoms with Gasteiger partial charge in [-0.15, -0.1) is 0 Å². The lowest BCUT2D eigenvalue weighted by Crippen LogP contribution is -2.33. The number of nitrogens with zero attached hydrogens (tertiary/aromatic N) is 2. The highest BCUT2D eigenvalue weighted by Gasteiger charge is 2.15. The minimum Gasteiger partial charge on any atom is -0.497 e. The zero-order chi connectivity index (χ0) is 19.2. The van der Waals surface area contributed by atoms with Crippen LogP contribution in [0.3, 0.4) is 0 Å². The maximum absolute atomic E-state index is 11.5. The minimum atomic E-state index is -0.499. The fourth-order valence-corrected chi connectivity index (χ4v) is 2.30. The van der Waals surface area contributed by atoms with Gasteiger partial charge < -0.3 is 19.5 Å². The van der Waals surface area contributed by atoms with Gasteiger partial charge in [-0.2, -0.15) is 0 Å². The average Bonchev–Trinajstić information content (AvgIpc) is 2.56. The first kappa shape index (κ1) is 20.0. The van der Waals surface area contributed by atoms with Crippen LogP contribution in [-0.2, 0) is 4.74 Å². The van der Waals surface area contributed by atoms with Crippen LogP contribution >= 0.6 is 11.6 Å². The maximum Gasteiger partial charge on any atom is 0.407 e. The van der Waals surface area contributed by atoms with Crippen molar-refractivity contribution in [1.29, 1.82) is 0 Å². The van der Waals surface area contributed by atoms with Crippen LogP contribution in [0.5, 0.6) is 11.6 Å². The first-order chi connectivity index (χ1) is 12.3. The van der Waals surface area contributed by atoms with E-state index in [4.69, 9.17) is 25.8 Å². The van der Waals surface area contributed by atoms with Crippen molar-refractivity contribution in [3.8, 4) is 11.6 Å². The van der Waals surface area contributed by atoms with Gasteiger partial charge in [0.15, 0.2) is 5.15 Å². The molecule has 0 atom stereocenters. The third kappa shape index (κ3) is 6.22. The number of fused-ring (bicyclic) bond motifs is 1. The normalized spacial score (nSPS) is 11.3. The number of nitrogens with one attached hydrogen (secondary N) is 1. The number of halogens is 1. The molecule has 0 spiro atoms. The molecule has 8 heteroatoms. The third-order valence-electron chi connectivity index (χ3n) is 3.28. The Morgan fingerprint density at radius 3 is 2.65 bits per heavy atom. The number of hydrogen-bond acceptors (Lipinski definition) is 6. The number of unbranched alkanes of at least 4 members (excludes halogenated alkanes) is 1. The molecule has 0 aliphatic carbocycles. The van der Waals surface area contributed by atoms with E-state index in [-0.39, 0.29) is 11.0 Å². The van der Waals surface area contributed by atoms with Gasteiger partial charge in [-0.1, -0.05) is 11.6 Å². The van der Waals surface area contributed by atoms with Gasteiger partial charge in [0, 0.05) is 12.6 Å². The van der Waals surface area contributed by atoms with Crippen molar-refractivity contribution < 1.29 is 19.0 Å². The van der Waals surface area contributed by atoms with Gasteiger partial charge in [0.2, 0.25) is 0 Å². The van der Waals surface area contributed by atoms with Gasteiger partial charge in [0.1, 0.15) is 11.4 Å². The Bertz CT molecular complexity index is 762. The molecule has 1 heterocycles. The Morgan fingerprint density at radius 1 is 1.19 bits per heavy atom. The topological polar surface area (TPSA) is 82.6 Å². The zero-order valence-corrected chi connectivity index (χ0v) is 16.2. The number of methoxy groups -OCH3 is 1. The molecule has 1 aromatic carbocycles. The van der Waals surface area contributed by atoms with E-state index in [1.54, 1.807) is 25.3 Å². The molecule has 0 radical (unpaired) electrons. The second-order valence-corrected chi connectivity index (χ2v) is 7.02. The van der Waals surface area contributed by atoms with Crippen LogP contribution in [0, 0.1) is 0 Å². The van der Waals surface area contributed by atoms with E-state index in [1.807, 2.05) is 20.8 Å². The van der Waals surface area contributed by atoms with Gasteiger partial charge in [0.05, 0.1) is 24.8 Å². The lowest BCUT2D eigenvalue weighted by Gasteiger charge is -2.19. The van der Waals surface area contributed by atoms with Gasteiger partial charge in [-0.25, -0.2) is 14.8 Å². The molecule has 2 aromatic rings. The number of benzene rings is 1. The Labute approximate surface area is 158 Å². The molecule has 1 amide bonds. The molecule has 2 rings (SSSR count). The molecule has 0 bridgehead atoms. The van der Waals surface area contributed by atoms with E-state index in [2.05, 4.69) is 15.3 Å². The SMILES string of the molecule is COc1ccc2nc(Cl)c(OCCCCNC(=O)OC(C)(C)C)nc2c1. The lowest BCUT2D eigenvalue weighted by molar-refractivity contribution is 0.0526. The number of carbonyl (C=O) groups excluding carboxylic acids is 1. The summed E-state index contributed by atoms with van der Waals surface area (Å²) in [6.45, 7) is 6.39. The molecule has 7 nitrogen and oxygen atoms in total. The molecule has 26 heavy (non-hydrogen) atoms. The Morgan fingerprint density at radius 2 is 1.96 bits per heavy atom. The van der Waals surface area contributed by atoms with Crippen molar-refractivity contribution in [2.24, 2.45) is 0 Å². The van der Waals surface area contributed by atoms with E-state index < -0.39 is 11.7 Å². The largest absolute Gasteiger partial charge is 0.497 e. The molecule has 0 aliphatic heterocycles. The van der Waals surface area contributed by atoms with Gasteiger partial charge in [-0.3, -0.25) is 0 Å². The molecular weight excluding hydrogens is 358 g/mol. The molecule has 1 N–H and O–H groups in total. The number of aromatic nitrogens is 2. The van der Waals surface area contributed by atoms with Crippen molar-refractivity contribution >= 4 is 28.7 Å². The summed E-state index contributed by atoms with van der Waals surface area (Å²) in [7, 11) is 1.59. The minimum absolute atomic E-state index is 0.217. The van der Waals surface area contributed by atoms with Crippen LogP contribution in [0.15, 0.2) is 18.2 Å². The van der Waals surface area contributed by atoms with Crippen LogP contribution in [0.25, 0.3) is 11.0 Å². The third-order valence-corrected chi connectivity index (χ3v) is 3.52. The fraction of sp³-hybridized carbons (Fsp3) is 0.500. The summed E-state index contributed by atoms with van der Waals surface area (Å²) in [4.78, 5) is 20.2. The molecular formula is C18H24ClN3O4. The van der Waals surface area contributed by atoms with Gasteiger partial charge in [-0.05, 0) is 45.7 Å². The number of carbonyl (C=O) groups is 1. The summed E-state index contributed by atoms with van der Waals surface area (Å²) in [5, 5.41) is 2.92. The number of hydrogen-bond donors (Lipinski definition) is 1. The number of ether oxygens (including phenoxy) is 3. The Hall–Kier alpha value is -2.28. The van der Waals surface area contributed by atoms with E-state index in [1.165, 1.54) is 0 Å². The van der Waals surface area contributed by atoms with Crippen molar-refractivity contribution in [2.45, 2.75) is 39.2 Å². The smallest absolute Gasteiger partial charge is 0.407 e. The van der Waals surface area contributed by atoms with E-state index >= 15 is 0 Å². The molecule has 0 aliphatic rings. The molecule has 0 fully saturated rings. The molecule has 1 aromatic heterocycles. The monoisotopic (exact) mass is 381 g/mol. The maximum atomic E-state index is 11.5. The van der Waals surface area contributed by atoms with E-state index in [0.717, 1.165) is 12.8 Å². The first-order valence-electron chi connectivity index (χ1n) is 8.39. The Kier molecular flexibility index (Phi) is 6.85. The predicted octanol–water partition coefficient (Wildman–Crippen LogP) is 3.98. The highest BCUT2D eigenvalue weighted by atomic mass is 35.5. The lowest BCUT2D eigenvalue weighted by atomic mass is 10.2. The second kappa shape index (κ2) is 8.89. The standard InChI is InChI=1S/C18H24ClN3O4/c1-18(2,3)26-17(23)20-9-5-6-10-25-16-15(19)21-13-8-7-12(24-4)11-14(13)22-16/h7-8,11H,5-6,9-10H2,1-4H3,(H,20,23). The van der Waals surface area contributed by atoms with Crippen LogP contribution in [0.4, 0.5) is 4.79 Å². The van der Waals surface area contributed by atoms with Crippen molar-refractivity contribution in [2.75, 3.05) is 20.3 Å². The molecule has 0 saturated carbocycles. The predicted molar refractivity (Wildman–Crippen MR) is 100 cm³/mol. The van der Waals surface area contributed by atoms with Crippen LogP contribution in [-0.4, -0.2) is 41.9 Å². The number of rotatable bonds is 7. The molecule has 142 valence electrons. The summed E-state index contributed by atoms with van der Waals surface area (Å²) in [6, 6.07) is 5.36. The summed E-state index contributed by atoms with van der Waals surface area (Å²) >= 11 is 6.12. The quantitative estimate of drug-likeness (QED) is 0.730. The summed E-state index contributed by atoms with van der Waals surface area (Å²) in [6.07, 6.45) is 1.05. The Balaban J connectivity index is 1.79. The van der Waals surface area contributed by atoms with Crippen LogP contribution in [0.1, 0.15) is 33.6 Å². The van der Waals surface area contributed by atoms with Crippen molar-refractivity contribution in [1.82, 2.24) is 15.3 Å². The fourth-order valence-electron chi connectivity index (χ4n) is 2.12. The highest BCUT2D eigenvalue weighted by Crippen LogP contribution is 2.25. The zero-order valence-electron chi connectivity index (χ0n) is 15.5. The average molecular weight is 382 g/mol. The van der Waals surface area contributed by atoms with Crippen LogP contribution < -0.4 is 14.8 Å². The van der Waals surface area contributed by atoms with E-state index in [0.29, 0.717) is 29.9 Å². The van der Waals surface area contributed by atoms with Gasteiger partial charge >= 0.3 is 6.09 Å². The first-order valence-corrected chi connectivity index (χ1v) is 8.77. The van der Waals surface area contributed by atoms with Crippen molar-refractivity contribution in [3.05, 3.63) is 23.4 Å². The second-order valence-electron chi connectivity index (χ2n) is 6.66. The highest BCUT2D eigenvalue weighted by molar-refractivity contribution is 6.31. The number of alkyl carbamates (subject to hydrolysis) is 1. The van der Waals surface area contributed by atoms with Crippen LogP contribution in [0.2, 0.25) is 5.15 Å². The molecule has 0 unspecified atom stereocenters. The summed E-state index contributed by atoms with van der Waals surface area (Å²) < 4.78 is 16.0. The van der Waals surface area contributed by atoms with E-state index in [9.17, 15) is 4.79 Å². The summed E-state index contributed by atoms with van der Waals surface area (Å²) in [5.74, 6) is 0.973. The molecule has 0 saturated heterocycles. The van der Waals surface area contributed by atoms with Crippen molar-refractivity contribution in [3.63, 3.8) is 0 Å². The van der Waals surface area contributed by atoms with Gasteiger partial charge in [0.25, 0.3) is 5.88 Å². The summed E-state index contributed by atoms with van der Waals surface area (Å²) in [5.41, 5.74) is 0.821. The number of amides is 1.